The molecule has 22 heavy (non-hydrogen) atoms. The molecule has 3 aromatic rings. The minimum Gasteiger partial charge on any atom is -0.507 e. The Morgan fingerprint density at radius 2 is 2.00 bits per heavy atom. The lowest BCUT2D eigenvalue weighted by molar-refractivity contribution is 0.437. The highest BCUT2D eigenvalue weighted by atomic mass is 35.5. The van der Waals surface area contributed by atoms with Crippen LogP contribution >= 0.6 is 11.6 Å². The molecule has 3 rings (SSSR count). The van der Waals surface area contributed by atoms with E-state index in [2.05, 4.69) is 5.10 Å². The van der Waals surface area contributed by atoms with Crippen LogP contribution in [0.25, 0.3) is 16.9 Å². The minimum atomic E-state index is -0.610. The van der Waals surface area contributed by atoms with Crippen LogP contribution in [0.4, 0.5) is 0 Å². The number of aromatic hydroxyl groups is 1. The summed E-state index contributed by atoms with van der Waals surface area (Å²) >= 11 is 6.01. The van der Waals surface area contributed by atoms with Gasteiger partial charge >= 0.3 is 5.63 Å². The number of hydrogen-bond acceptors (Lipinski definition) is 4. The molecule has 0 aliphatic heterocycles. The van der Waals surface area contributed by atoms with Gasteiger partial charge in [-0.2, -0.15) is 5.10 Å². The van der Waals surface area contributed by atoms with E-state index in [0.29, 0.717) is 27.9 Å². The zero-order valence-corrected chi connectivity index (χ0v) is 12.8. The molecule has 0 unspecified atom stereocenters. The Morgan fingerprint density at radius 3 is 2.68 bits per heavy atom. The topological polar surface area (TPSA) is 68.3 Å². The van der Waals surface area contributed by atoms with Crippen molar-refractivity contribution in [2.45, 2.75) is 13.8 Å². The maximum atomic E-state index is 12.1. The quantitative estimate of drug-likeness (QED) is 0.786. The number of halogens is 1. The van der Waals surface area contributed by atoms with Gasteiger partial charge in [0.1, 0.15) is 17.1 Å². The first kappa shape index (κ1) is 14.4. The van der Waals surface area contributed by atoms with Gasteiger partial charge in [0.2, 0.25) is 0 Å². The average Bonchev–Trinajstić information content (AvgIpc) is 2.79. The Labute approximate surface area is 131 Å². The lowest BCUT2D eigenvalue weighted by Gasteiger charge is -2.08. The predicted octanol–water partition coefficient (Wildman–Crippen LogP) is 3.47. The summed E-state index contributed by atoms with van der Waals surface area (Å²) in [5.41, 5.74) is 1.31. The molecule has 0 spiro atoms. The van der Waals surface area contributed by atoms with Crippen LogP contribution < -0.4 is 5.63 Å². The van der Waals surface area contributed by atoms with Crippen molar-refractivity contribution in [2.24, 2.45) is 0 Å². The summed E-state index contributed by atoms with van der Waals surface area (Å²) in [5.74, 6) is 0.203. The molecule has 0 radical (unpaired) electrons. The van der Waals surface area contributed by atoms with Gasteiger partial charge in [-0.25, -0.2) is 9.48 Å². The Morgan fingerprint density at radius 1 is 1.23 bits per heavy atom. The monoisotopic (exact) mass is 316 g/mol. The van der Waals surface area contributed by atoms with E-state index in [9.17, 15) is 9.90 Å². The predicted molar refractivity (Wildman–Crippen MR) is 83.7 cm³/mol. The number of aryl methyl sites for hydroxylation is 2. The first-order chi connectivity index (χ1) is 10.5. The fraction of sp³-hybridized carbons (Fsp3) is 0.125. The Balaban J connectivity index is 2.28. The number of benzene rings is 1. The van der Waals surface area contributed by atoms with Crippen molar-refractivity contribution in [1.29, 1.82) is 0 Å². The molecule has 2 aromatic heterocycles. The molecule has 0 bridgehead atoms. The van der Waals surface area contributed by atoms with Crippen LogP contribution in [0.3, 0.4) is 0 Å². The third kappa shape index (κ3) is 2.51. The van der Waals surface area contributed by atoms with Crippen molar-refractivity contribution in [2.75, 3.05) is 0 Å². The molecule has 1 N–H and O–H groups in total. The Bertz CT molecular complexity index is 912. The van der Waals surface area contributed by atoms with Crippen LogP contribution in [0.15, 0.2) is 45.6 Å². The van der Waals surface area contributed by atoms with Gasteiger partial charge in [0.15, 0.2) is 0 Å². The summed E-state index contributed by atoms with van der Waals surface area (Å²) in [4.78, 5) is 12.1. The molecule has 0 aliphatic carbocycles. The van der Waals surface area contributed by atoms with Crippen molar-refractivity contribution < 1.29 is 9.52 Å². The second-order valence-corrected chi connectivity index (χ2v) is 5.40. The van der Waals surface area contributed by atoms with Crippen LogP contribution in [-0.4, -0.2) is 14.9 Å². The third-order valence-electron chi connectivity index (χ3n) is 3.19. The lowest BCUT2D eigenvalue weighted by atomic mass is 10.1. The van der Waals surface area contributed by atoms with Gasteiger partial charge in [-0.3, -0.25) is 0 Å². The van der Waals surface area contributed by atoms with Crippen LogP contribution in [-0.2, 0) is 0 Å². The summed E-state index contributed by atoms with van der Waals surface area (Å²) < 4.78 is 6.64. The first-order valence-corrected chi connectivity index (χ1v) is 7.00. The summed E-state index contributed by atoms with van der Waals surface area (Å²) in [6.07, 6.45) is 0. The number of nitrogens with zero attached hydrogens (tertiary/aromatic N) is 2. The molecule has 0 fully saturated rings. The van der Waals surface area contributed by atoms with Crippen molar-refractivity contribution in [3.8, 4) is 22.7 Å². The largest absolute Gasteiger partial charge is 0.507 e. The number of rotatable bonds is 2. The molecule has 1 aromatic carbocycles. The van der Waals surface area contributed by atoms with Gasteiger partial charge in [-0.05, 0) is 38.1 Å². The maximum absolute atomic E-state index is 12.1. The van der Waals surface area contributed by atoms with E-state index in [1.54, 1.807) is 42.8 Å². The highest BCUT2D eigenvalue weighted by Crippen LogP contribution is 2.29. The van der Waals surface area contributed by atoms with E-state index >= 15 is 0 Å². The van der Waals surface area contributed by atoms with Gasteiger partial charge in [0.05, 0.1) is 17.1 Å². The second-order valence-electron chi connectivity index (χ2n) is 4.97. The second kappa shape index (κ2) is 5.35. The fourth-order valence-corrected chi connectivity index (χ4v) is 2.50. The minimum absolute atomic E-state index is 0.0752. The van der Waals surface area contributed by atoms with Crippen LogP contribution in [0.5, 0.6) is 5.75 Å². The van der Waals surface area contributed by atoms with E-state index in [0.717, 1.165) is 0 Å². The molecule has 2 heterocycles. The molecule has 0 atom stereocenters. The molecule has 0 saturated heterocycles. The highest BCUT2D eigenvalue weighted by Gasteiger charge is 2.18. The molecule has 5 nitrogen and oxygen atoms in total. The van der Waals surface area contributed by atoms with Crippen molar-refractivity contribution in [3.63, 3.8) is 0 Å². The van der Waals surface area contributed by atoms with Gasteiger partial charge in [0.25, 0.3) is 0 Å². The normalized spacial score (nSPS) is 10.9. The zero-order valence-electron chi connectivity index (χ0n) is 12.0. The van der Waals surface area contributed by atoms with Gasteiger partial charge in [-0.15, -0.1) is 0 Å². The Hall–Kier alpha value is -2.53. The standard InChI is InChI=1S/C16H13ClN2O3/c1-9-6-13(15-14(20)7-10(2)22-16(15)21)19(18-9)12-5-3-4-11(17)8-12/h3-8,20H,1-2H3. The third-order valence-corrected chi connectivity index (χ3v) is 3.43. The average molecular weight is 317 g/mol. The van der Waals surface area contributed by atoms with E-state index in [-0.39, 0.29) is 11.3 Å². The maximum Gasteiger partial charge on any atom is 0.349 e. The number of hydrogen-bond donors (Lipinski definition) is 1. The molecular weight excluding hydrogens is 304 g/mol. The van der Waals surface area contributed by atoms with E-state index in [1.807, 2.05) is 6.07 Å². The summed E-state index contributed by atoms with van der Waals surface area (Å²) in [7, 11) is 0. The molecular formula is C16H13ClN2O3. The SMILES string of the molecule is Cc1cc(-c2c(O)cc(C)oc2=O)n(-c2cccc(Cl)c2)n1. The van der Waals surface area contributed by atoms with E-state index in [1.165, 1.54) is 6.07 Å². The van der Waals surface area contributed by atoms with Gasteiger partial charge in [-0.1, -0.05) is 17.7 Å². The zero-order chi connectivity index (χ0) is 15.9. The van der Waals surface area contributed by atoms with Crippen molar-refractivity contribution in [3.05, 3.63) is 63.3 Å². The van der Waals surface area contributed by atoms with Crippen molar-refractivity contribution >= 4 is 11.6 Å². The van der Waals surface area contributed by atoms with Gasteiger partial charge < -0.3 is 9.52 Å². The lowest BCUT2D eigenvalue weighted by Crippen LogP contribution is -2.08. The summed E-state index contributed by atoms with van der Waals surface area (Å²) in [5, 5.41) is 15.1. The number of aromatic nitrogens is 2. The molecule has 0 saturated carbocycles. The molecule has 0 aliphatic rings. The first-order valence-electron chi connectivity index (χ1n) is 6.62. The molecule has 0 amide bonds. The van der Waals surface area contributed by atoms with Crippen molar-refractivity contribution in [1.82, 2.24) is 9.78 Å². The van der Waals surface area contributed by atoms with E-state index in [4.69, 9.17) is 16.0 Å². The van der Waals surface area contributed by atoms with Crippen LogP contribution in [0, 0.1) is 13.8 Å². The molecule has 6 heteroatoms. The van der Waals surface area contributed by atoms with Gasteiger partial charge in [0, 0.05) is 11.1 Å². The molecule has 112 valence electrons. The summed E-state index contributed by atoms with van der Waals surface area (Å²) in [6, 6.07) is 10.2. The fourth-order valence-electron chi connectivity index (χ4n) is 2.31. The van der Waals surface area contributed by atoms with E-state index < -0.39 is 5.63 Å². The Kier molecular flexibility index (Phi) is 3.50. The highest BCUT2D eigenvalue weighted by molar-refractivity contribution is 6.30. The summed E-state index contributed by atoms with van der Waals surface area (Å²) in [6.45, 7) is 3.40. The van der Waals surface area contributed by atoms with Crippen LogP contribution in [0.2, 0.25) is 5.02 Å². The smallest absolute Gasteiger partial charge is 0.349 e. The van der Waals surface area contributed by atoms with Crippen LogP contribution in [0.1, 0.15) is 11.5 Å².